The summed E-state index contributed by atoms with van der Waals surface area (Å²) >= 11 is 0. The van der Waals surface area contributed by atoms with E-state index in [1.807, 2.05) is 23.7 Å². The molecule has 0 aromatic carbocycles. The molecule has 0 spiro atoms. The van der Waals surface area contributed by atoms with Crippen molar-refractivity contribution in [3.63, 3.8) is 0 Å². The molecule has 6 heteroatoms. The Hall–Kier alpha value is -2.21. The summed E-state index contributed by atoms with van der Waals surface area (Å²) in [4.78, 5) is 14.5. The van der Waals surface area contributed by atoms with Gasteiger partial charge in [0.2, 0.25) is 0 Å². The van der Waals surface area contributed by atoms with E-state index in [0.29, 0.717) is 5.92 Å². The molecule has 0 radical (unpaired) electrons. The minimum Gasteiger partial charge on any atom is -0.348 e. The Kier molecular flexibility index (Phi) is 3.61. The van der Waals surface area contributed by atoms with Gasteiger partial charge in [0.25, 0.3) is 0 Å². The third-order valence-corrected chi connectivity index (χ3v) is 4.82. The number of rotatable bonds is 3. The number of nitrogens with one attached hydrogen (secondary N) is 1. The molecule has 23 heavy (non-hydrogen) atoms. The van der Waals surface area contributed by atoms with Gasteiger partial charge in [0.05, 0.1) is 17.7 Å². The monoisotopic (exact) mass is 310 g/mol. The Morgan fingerprint density at radius 3 is 2.78 bits per heavy atom. The maximum absolute atomic E-state index is 4.61. The SMILES string of the molecule is Cc1cc2nccc(C3CCN(Cc4nc[nH]c4C)CC3)n2n1. The van der Waals surface area contributed by atoms with E-state index in [1.54, 1.807) is 6.33 Å². The van der Waals surface area contributed by atoms with Crippen molar-refractivity contribution >= 4 is 5.65 Å². The number of aromatic nitrogens is 5. The van der Waals surface area contributed by atoms with Crippen molar-refractivity contribution in [3.05, 3.63) is 47.4 Å². The van der Waals surface area contributed by atoms with Crippen molar-refractivity contribution in [1.29, 1.82) is 0 Å². The zero-order valence-electron chi connectivity index (χ0n) is 13.7. The van der Waals surface area contributed by atoms with E-state index in [1.165, 1.54) is 11.4 Å². The van der Waals surface area contributed by atoms with Gasteiger partial charge in [-0.2, -0.15) is 5.10 Å². The lowest BCUT2D eigenvalue weighted by Gasteiger charge is -2.31. The molecule has 6 nitrogen and oxygen atoms in total. The van der Waals surface area contributed by atoms with Crippen LogP contribution in [-0.2, 0) is 6.54 Å². The highest BCUT2D eigenvalue weighted by Crippen LogP contribution is 2.28. The summed E-state index contributed by atoms with van der Waals surface area (Å²) in [7, 11) is 0. The number of H-pyrrole nitrogens is 1. The lowest BCUT2D eigenvalue weighted by Crippen LogP contribution is -2.33. The van der Waals surface area contributed by atoms with Gasteiger partial charge in [0.15, 0.2) is 5.65 Å². The van der Waals surface area contributed by atoms with Crippen molar-refractivity contribution in [2.45, 2.75) is 39.2 Å². The van der Waals surface area contributed by atoms with E-state index in [-0.39, 0.29) is 0 Å². The summed E-state index contributed by atoms with van der Waals surface area (Å²) in [6.45, 7) is 7.24. The van der Waals surface area contributed by atoms with Gasteiger partial charge >= 0.3 is 0 Å². The molecule has 0 bridgehead atoms. The Labute approximate surface area is 135 Å². The fourth-order valence-electron chi connectivity index (χ4n) is 3.48. The minimum absolute atomic E-state index is 0.552. The molecule has 0 aliphatic carbocycles. The van der Waals surface area contributed by atoms with Crippen LogP contribution in [0.3, 0.4) is 0 Å². The maximum atomic E-state index is 4.61. The lowest BCUT2D eigenvalue weighted by atomic mass is 9.93. The first-order valence-corrected chi connectivity index (χ1v) is 8.23. The number of piperidine rings is 1. The van der Waals surface area contributed by atoms with Crippen LogP contribution in [-0.4, -0.2) is 42.6 Å². The Bertz CT molecular complexity index is 809. The van der Waals surface area contributed by atoms with E-state index in [0.717, 1.165) is 49.5 Å². The molecule has 4 rings (SSSR count). The zero-order valence-corrected chi connectivity index (χ0v) is 13.7. The number of aryl methyl sites for hydroxylation is 2. The van der Waals surface area contributed by atoms with Gasteiger partial charge in [-0.15, -0.1) is 0 Å². The third-order valence-electron chi connectivity index (χ3n) is 4.82. The second-order valence-corrected chi connectivity index (χ2v) is 6.45. The quantitative estimate of drug-likeness (QED) is 0.807. The Balaban J connectivity index is 1.47. The summed E-state index contributed by atoms with van der Waals surface area (Å²) in [6, 6.07) is 4.16. The van der Waals surface area contributed by atoms with Crippen molar-refractivity contribution in [1.82, 2.24) is 29.5 Å². The third kappa shape index (κ3) is 2.74. The average molecular weight is 310 g/mol. The van der Waals surface area contributed by atoms with Crippen molar-refractivity contribution in [3.8, 4) is 0 Å². The van der Waals surface area contributed by atoms with E-state index in [9.17, 15) is 0 Å². The van der Waals surface area contributed by atoms with E-state index in [4.69, 9.17) is 0 Å². The first-order chi connectivity index (χ1) is 11.2. The number of hydrogen-bond donors (Lipinski definition) is 1. The van der Waals surface area contributed by atoms with E-state index >= 15 is 0 Å². The Morgan fingerprint density at radius 1 is 1.22 bits per heavy atom. The number of fused-ring (bicyclic) bond motifs is 1. The smallest absolute Gasteiger partial charge is 0.155 e. The molecule has 4 heterocycles. The molecule has 0 atom stereocenters. The van der Waals surface area contributed by atoms with Gasteiger partial charge in [-0.1, -0.05) is 0 Å². The molecule has 1 aliphatic rings. The highest BCUT2D eigenvalue weighted by molar-refractivity contribution is 5.40. The summed E-state index contributed by atoms with van der Waals surface area (Å²) < 4.78 is 2.02. The van der Waals surface area contributed by atoms with Gasteiger partial charge in [0.1, 0.15) is 0 Å². The average Bonchev–Trinajstić information content (AvgIpc) is 3.13. The van der Waals surface area contributed by atoms with Crippen LogP contribution in [0.1, 0.15) is 41.5 Å². The molecule has 0 unspecified atom stereocenters. The fourth-order valence-corrected chi connectivity index (χ4v) is 3.48. The predicted octanol–water partition coefficient (Wildman–Crippen LogP) is 2.45. The second-order valence-electron chi connectivity index (χ2n) is 6.45. The van der Waals surface area contributed by atoms with Gasteiger partial charge < -0.3 is 4.98 Å². The minimum atomic E-state index is 0.552. The van der Waals surface area contributed by atoms with Crippen molar-refractivity contribution < 1.29 is 0 Å². The topological polar surface area (TPSA) is 62.1 Å². The molecular formula is C17H22N6. The maximum Gasteiger partial charge on any atom is 0.155 e. The summed E-state index contributed by atoms with van der Waals surface area (Å²) in [6.07, 6.45) is 6.00. The first kappa shape index (κ1) is 14.4. The molecule has 0 amide bonds. The highest BCUT2D eigenvalue weighted by atomic mass is 15.3. The number of hydrogen-bond acceptors (Lipinski definition) is 4. The highest BCUT2D eigenvalue weighted by Gasteiger charge is 2.23. The van der Waals surface area contributed by atoms with Gasteiger partial charge in [-0.05, 0) is 45.8 Å². The molecule has 1 aliphatic heterocycles. The van der Waals surface area contributed by atoms with E-state index in [2.05, 4.69) is 37.9 Å². The zero-order chi connectivity index (χ0) is 15.8. The predicted molar refractivity (Wildman–Crippen MR) is 88.3 cm³/mol. The molecule has 0 saturated carbocycles. The normalized spacial score (nSPS) is 17.1. The van der Waals surface area contributed by atoms with Crippen LogP contribution < -0.4 is 0 Å². The summed E-state index contributed by atoms with van der Waals surface area (Å²) in [5.41, 5.74) is 5.61. The van der Waals surface area contributed by atoms with Gasteiger partial charge in [-0.3, -0.25) is 4.90 Å². The molecule has 3 aromatic rings. The van der Waals surface area contributed by atoms with Crippen LogP contribution in [0.4, 0.5) is 0 Å². The second kappa shape index (κ2) is 5.77. The van der Waals surface area contributed by atoms with Crippen LogP contribution in [0, 0.1) is 13.8 Å². The molecule has 1 N–H and O–H groups in total. The molecule has 1 saturated heterocycles. The van der Waals surface area contributed by atoms with E-state index < -0.39 is 0 Å². The fraction of sp³-hybridized carbons (Fsp3) is 0.471. The lowest BCUT2D eigenvalue weighted by molar-refractivity contribution is 0.200. The largest absolute Gasteiger partial charge is 0.348 e. The number of likely N-dealkylation sites (tertiary alicyclic amines) is 1. The molecule has 120 valence electrons. The summed E-state index contributed by atoms with van der Waals surface area (Å²) in [5, 5.41) is 4.61. The van der Waals surface area contributed by atoms with Crippen molar-refractivity contribution in [2.75, 3.05) is 13.1 Å². The molecular weight excluding hydrogens is 288 g/mol. The number of aromatic amines is 1. The first-order valence-electron chi connectivity index (χ1n) is 8.23. The van der Waals surface area contributed by atoms with Crippen molar-refractivity contribution in [2.24, 2.45) is 0 Å². The Morgan fingerprint density at radius 2 is 2.04 bits per heavy atom. The summed E-state index contributed by atoms with van der Waals surface area (Å²) in [5.74, 6) is 0.552. The van der Waals surface area contributed by atoms with Gasteiger partial charge in [0, 0.05) is 36.1 Å². The van der Waals surface area contributed by atoms with Gasteiger partial charge in [-0.25, -0.2) is 14.5 Å². The number of nitrogens with zero attached hydrogens (tertiary/aromatic N) is 5. The number of imidazole rings is 1. The van der Waals surface area contributed by atoms with Crippen LogP contribution in [0.2, 0.25) is 0 Å². The standard InChI is InChI=1S/C17H22N6/c1-12-9-17-18-6-3-16(23(17)21-12)14-4-7-22(8-5-14)10-15-13(2)19-11-20-15/h3,6,9,11,14H,4-5,7-8,10H2,1-2H3,(H,19,20). The van der Waals surface area contributed by atoms with Crippen LogP contribution >= 0.6 is 0 Å². The molecule has 1 fully saturated rings. The molecule has 3 aromatic heterocycles. The van der Waals surface area contributed by atoms with Crippen LogP contribution in [0.5, 0.6) is 0 Å². The van der Waals surface area contributed by atoms with Crippen LogP contribution in [0.25, 0.3) is 5.65 Å². The van der Waals surface area contributed by atoms with Crippen LogP contribution in [0.15, 0.2) is 24.7 Å².